The Morgan fingerprint density at radius 1 is 0.767 bits per heavy atom. The van der Waals surface area contributed by atoms with E-state index >= 15 is 0 Å². The number of ether oxygens (including phenoxy) is 1. The van der Waals surface area contributed by atoms with Gasteiger partial charge in [-0.05, 0) is 49.1 Å². The van der Waals surface area contributed by atoms with Crippen LogP contribution in [0.25, 0.3) is 11.4 Å². The molecule has 5 heteroatoms. The Hall–Kier alpha value is -2.04. The van der Waals surface area contributed by atoms with E-state index in [9.17, 15) is 8.78 Å². The van der Waals surface area contributed by atoms with Crippen molar-refractivity contribution in [2.75, 3.05) is 0 Å². The first-order valence-corrected chi connectivity index (χ1v) is 11.5. The van der Waals surface area contributed by atoms with Gasteiger partial charge in [0.05, 0.1) is 6.42 Å². The molecule has 2 rings (SSSR count). The Morgan fingerprint density at radius 2 is 1.33 bits per heavy atom. The van der Waals surface area contributed by atoms with Crippen LogP contribution in [-0.2, 0) is 6.42 Å². The number of halogens is 2. The van der Waals surface area contributed by atoms with Crippen LogP contribution in [0.5, 0.6) is 5.75 Å². The Labute approximate surface area is 180 Å². The van der Waals surface area contributed by atoms with Crippen molar-refractivity contribution >= 4 is 0 Å². The third-order valence-corrected chi connectivity index (χ3v) is 5.23. The summed E-state index contributed by atoms with van der Waals surface area (Å²) in [6.07, 6.45) is 12.2. The zero-order valence-electron chi connectivity index (χ0n) is 18.5. The van der Waals surface area contributed by atoms with E-state index in [-0.39, 0.29) is 12.2 Å². The summed E-state index contributed by atoms with van der Waals surface area (Å²) < 4.78 is 32.8. The van der Waals surface area contributed by atoms with Gasteiger partial charge in [0.25, 0.3) is 0 Å². The number of hydrogen-bond donors (Lipinski definition) is 0. The van der Waals surface area contributed by atoms with Gasteiger partial charge in [-0.15, -0.1) is 0 Å². The second kappa shape index (κ2) is 13.3. The summed E-state index contributed by atoms with van der Waals surface area (Å²) in [6, 6.07) is 6.57. The normalized spacial score (nSPS) is 11.6. The van der Waals surface area contributed by atoms with Gasteiger partial charge < -0.3 is 4.74 Å². The van der Waals surface area contributed by atoms with Crippen LogP contribution in [0.4, 0.5) is 8.78 Å². The van der Waals surface area contributed by atoms with Gasteiger partial charge in [-0.2, -0.15) is 8.78 Å². The Bertz CT molecular complexity index is 702. The van der Waals surface area contributed by atoms with Crippen LogP contribution in [-0.4, -0.2) is 16.1 Å². The minimum absolute atomic E-state index is 0.166. The number of unbranched alkanes of at least 4 members (excludes halogenated alkanes) is 8. The molecule has 0 bridgehead atoms. The van der Waals surface area contributed by atoms with E-state index in [1.165, 1.54) is 32.1 Å². The highest BCUT2D eigenvalue weighted by molar-refractivity contribution is 5.55. The summed E-state index contributed by atoms with van der Waals surface area (Å²) in [5.74, 6) is 0.763. The van der Waals surface area contributed by atoms with Crippen molar-refractivity contribution in [3.05, 3.63) is 42.2 Å². The fourth-order valence-corrected chi connectivity index (χ4v) is 3.40. The molecule has 0 N–H and O–H groups in total. The molecule has 0 radical (unpaired) electrons. The van der Waals surface area contributed by atoms with Crippen molar-refractivity contribution in [3.8, 4) is 17.1 Å². The Morgan fingerprint density at radius 3 is 1.97 bits per heavy atom. The average Bonchev–Trinajstić information content (AvgIpc) is 2.74. The summed E-state index contributed by atoms with van der Waals surface area (Å²) in [4.78, 5) is 8.88. The van der Waals surface area contributed by atoms with Crippen molar-refractivity contribution in [1.82, 2.24) is 9.97 Å². The fourth-order valence-electron chi connectivity index (χ4n) is 3.40. The van der Waals surface area contributed by atoms with E-state index in [4.69, 9.17) is 4.74 Å². The van der Waals surface area contributed by atoms with Crippen molar-refractivity contribution in [2.45, 2.75) is 97.0 Å². The number of nitrogens with zero attached hydrogens (tertiary/aromatic N) is 2. The van der Waals surface area contributed by atoms with E-state index in [0.717, 1.165) is 43.2 Å². The summed E-state index contributed by atoms with van der Waals surface area (Å²) in [7, 11) is 0. The summed E-state index contributed by atoms with van der Waals surface area (Å²) in [5.41, 5.74) is 1.93. The number of aromatic nitrogens is 2. The third kappa shape index (κ3) is 9.19. The number of hydrogen-bond acceptors (Lipinski definition) is 3. The van der Waals surface area contributed by atoms with Crippen molar-refractivity contribution in [2.24, 2.45) is 0 Å². The molecule has 0 amide bonds. The average molecular weight is 419 g/mol. The maximum absolute atomic E-state index is 13.9. The van der Waals surface area contributed by atoms with E-state index in [1.54, 1.807) is 24.3 Å². The zero-order valence-corrected chi connectivity index (χ0v) is 18.5. The van der Waals surface area contributed by atoms with Crippen LogP contribution in [0.15, 0.2) is 36.7 Å². The molecule has 0 saturated carbocycles. The molecule has 0 aliphatic heterocycles. The molecular weight excluding hydrogens is 382 g/mol. The SMILES string of the molecule is CCCCCCCCc1cnc(-c2ccc(OC(F)(F)CCCCCC)cc2)nc1. The number of alkyl halides is 2. The van der Waals surface area contributed by atoms with Crippen LogP contribution >= 0.6 is 0 Å². The second-order valence-corrected chi connectivity index (χ2v) is 8.01. The molecule has 1 aromatic heterocycles. The molecule has 0 unspecified atom stereocenters. The van der Waals surface area contributed by atoms with Crippen LogP contribution in [0.3, 0.4) is 0 Å². The molecule has 0 spiro atoms. The monoisotopic (exact) mass is 418 g/mol. The number of rotatable bonds is 15. The lowest BCUT2D eigenvalue weighted by Crippen LogP contribution is -2.24. The lowest BCUT2D eigenvalue weighted by Gasteiger charge is -2.18. The van der Waals surface area contributed by atoms with Gasteiger partial charge in [0.1, 0.15) is 5.75 Å². The van der Waals surface area contributed by atoms with Crippen LogP contribution in [0, 0.1) is 0 Å². The maximum atomic E-state index is 13.9. The second-order valence-electron chi connectivity index (χ2n) is 8.01. The quantitative estimate of drug-likeness (QED) is 0.275. The van der Waals surface area contributed by atoms with Crippen LogP contribution in [0.1, 0.15) is 90.0 Å². The minimum Gasteiger partial charge on any atom is -0.433 e. The molecule has 166 valence electrons. The predicted molar refractivity (Wildman–Crippen MR) is 119 cm³/mol. The predicted octanol–water partition coefficient (Wildman–Crippen LogP) is 7.99. The first-order valence-electron chi connectivity index (χ1n) is 11.5. The van der Waals surface area contributed by atoms with Gasteiger partial charge in [0.15, 0.2) is 5.82 Å². The Balaban J connectivity index is 1.81. The van der Waals surface area contributed by atoms with Gasteiger partial charge in [0.2, 0.25) is 0 Å². The number of benzene rings is 1. The largest absolute Gasteiger partial charge is 0.433 e. The lowest BCUT2D eigenvalue weighted by atomic mass is 10.1. The molecular formula is C25H36F2N2O. The summed E-state index contributed by atoms with van der Waals surface area (Å²) in [5, 5.41) is 0. The Kier molecular flexibility index (Phi) is 10.7. The molecule has 1 aromatic carbocycles. The highest BCUT2D eigenvalue weighted by atomic mass is 19.3. The highest BCUT2D eigenvalue weighted by Gasteiger charge is 2.30. The lowest BCUT2D eigenvalue weighted by molar-refractivity contribution is -0.181. The van der Waals surface area contributed by atoms with Gasteiger partial charge in [-0.25, -0.2) is 9.97 Å². The van der Waals surface area contributed by atoms with E-state index < -0.39 is 6.11 Å². The first kappa shape index (κ1) is 24.2. The van der Waals surface area contributed by atoms with Gasteiger partial charge >= 0.3 is 6.11 Å². The molecule has 0 aliphatic rings. The van der Waals surface area contributed by atoms with Gasteiger partial charge in [-0.3, -0.25) is 0 Å². The van der Waals surface area contributed by atoms with E-state index in [0.29, 0.717) is 12.2 Å². The molecule has 0 fully saturated rings. The van der Waals surface area contributed by atoms with Crippen LogP contribution in [0.2, 0.25) is 0 Å². The first-order chi connectivity index (χ1) is 14.5. The van der Waals surface area contributed by atoms with Crippen molar-refractivity contribution < 1.29 is 13.5 Å². The summed E-state index contributed by atoms with van der Waals surface area (Å²) in [6.45, 7) is 4.29. The van der Waals surface area contributed by atoms with Crippen molar-refractivity contribution in [1.29, 1.82) is 0 Å². The van der Waals surface area contributed by atoms with Crippen LogP contribution < -0.4 is 4.74 Å². The minimum atomic E-state index is -3.13. The third-order valence-electron chi connectivity index (χ3n) is 5.23. The van der Waals surface area contributed by atoms with E-state index in [2.05, 4.69) is 23.8 Å². The van der Waals surface area contributed by atoms with Gasteiger partial charge in [-0.1, -0.05) is 65.2 Å². The van der Waals surface area contributed by atoms with Crippen molar-refractivity contribution in [3.63, 3.8) is 0 Å². The standard InChI is InChI=1S/C25H36F2N2O/c1-3-5-7-9-10-11-13-21-19-28-24(29-20-21)22-14-16-23(17-15-22)30-25(26,27)18-12-8-6-4-2/h14-17,19-20H,3-13,18H2,1-2H3. The fraction of sp³-hybridized carbons (Fsp3) is 0.600. The molecule has 2 aromatic rings. The molecule has 0 saturated heterocycles. The smallest absolute Gasteiger partial charge is 0.397 e. The topological polar surface area (TPSA) is 35.0 Å². The maximum Gasteiger partial charge on any atom is 0.397 e. The number of aryl methyl sites for hydroxylation is 1. The highest BCUT2D eigenvalue weighted by Crippen LogP contribution is 2.28. The van der Waals surface area contributed by atoms with E-state index in [1.807, 2.05) is 12.4 Å². The molecule has 0 aliphatic carbocycles. The zero-order chi connectivity index (χ0) is 21.7. The summed E-state index contributed by atoms with van der Waals surface area (Å²) >= 11 is 0. The molecule has 1 heterocycles. The molecule has 3 nitrogen and oxygen atoms in total. The van der Waals surface area contributed by atoms with Gasteiger partial charge in [0, 0.05) is 18.0 Å². The molecule has 0 atom stereocenters. The molecule has 30 heavy (non-hydrogen) atoms.